The summed E-state index contributed by atoms with van der Waals surface area (Å²) in [7, 11) is 3.06. The second-order valence-corrected chi connectivity index (χ2v) is 8.60. The van der Waals surface area contributed by atoms with Crippen molar-refractivity contribution in [2.24, 2.45) is 5.92 Å². The Morgan fingerprint density at radius 1 is 1.22 bits per heavy atom. The van der Waals surface area contributed by atoms with Gasteiger partial charge in [0, 0.05) is 23.4 Å². The van der Waals surface area contributed by atoms with Gasteiger partial charge in [-0.25, -0.2) is 0 Å². The number of aryl methyl sites for hydroxylation is 2. The van der Waals surface area contributed by atoms with Gasteiger partial charge in [-0.05, 0) is 44.9 Å². The van der Waals surface area contributed by atoms with Crippen LogP contribution in [0.15, 0.2) is 30.3 Å². The smallest absolute Gasteiger partial charge is 0.250 e. The van der Waals surface area contributed by atoms with Crippen LogP contribution in [0.4, 0.5) is 11.4 Å². The fraction of sp³-hybridized carbons (Fsp3) is 0.417. The van der Waals surface area contributed by atoms with Gasteiger partial charge < -0.3 is 25.2 Å². The normalized spacial score (nSPS) is 24.8. The lowest BCUT2D eigenvalue weighted by molar-refractivity contribution is -0.130. The first kappa shape index (κ1) is 22.1. The van der Waals surface area contributed by atoms with E-state index in [9.17, 15) is 14.7 Å². The zero-order chi connectivity index (χ0) is 23.2. The van der Waals surface area contributed by atoms with Gasteiger partial charge in [-0.15, -0.1) is 0 Å². The van der Waals surface area contributed by atoms with Gasteiger partial charge in [0.2, 0.25) is 11.8 Å². The van der Waals surface area contributed by atoms with E-state index in [4.69, 9.17) is 9.47 Å². The van der Waals surface area contributed by atoms with E-state index in [0.717, 1.165) is 22.4 Å². The van der Waals surface area contributed by atoms with E-state index in [2.05, 4.69) is 16.0 Å². The van der Waals surface area contributed by atoms with E-state index >= 15 is 0 Å². The lowest BCUT2D eigenvalue weighted by Crippen LogP contribution is -2.53. The van der Waals surface area contributed by atoms with Crippen LogP contribution in [0.2, 0.25) is 0 Å². The van der Waals surface area contributed by atoms with E-state index < -0.39 is 23.6 Å². The number of rotatable bonds is 5. The fourth-order valence-corrected chi connectivity index (χ4v) is 4.90. The van der Waals surface area contributed by atoms with Crippen molar-refractivity contribution in [1.82, 2.24) is 5.32 Å². The van der Waals surface area contributed by atoms with Crippen molar-refractivity contribution in [3.8, 4) is 11.5 Å². The van der Waals surface area contributed by atoms with Crippen LogP contribution < -0.4 is 25.4 Å². The fourth-order valence-electron chi connectivity index (χ4n) is 4.90. The van der Waals surface area contributed by atoms with Gasteiger partial charge >= 0.3 is 0 Å². The van der Waals surface area contributed by atoms with E-state index in [1.54, 1.807) is 32.2 Å². The monoisotopic (exact) mass is 439 g/mol. The highest BCUT2D eigenvalue weighted by Crippen LogP contribution is 2.49. The quantitative estimate of drug-likeness (QED) is 0.570. The van der Waals surface area contributed by atoms with E-state index in [0.29, 0.717) is 23.6 Å². The molecule has 32 heavy (non-hydrogen) atoms. The van der Waals surface area contributed by atoms with Gasteiger partial charge in [-0.3, -0.25) is 14.9 Å². The van der Waals surface area contributed by atoms with Gasteiger partial charge in [0.1, 0.15) is 17.0 Å². The molecule has 0 radical (unpaired) electrons. The van der Waals surface area contributed by atoms with Gasteiger partial charge in [-0.2, -0.15) is 0 Å². The second-order valence-electron chi connectivity index (χ2n) is 8.60. The first-order valence-electron chi connectivity index (χ1n) is 10.6. The minimum absolute atomic E-state index is 0.290. The van der Waals surface area contributed by atoms with Crippen molar-refractivity contribution < 1.29 is 24.2 Å². The highest BCUT2D eigenvalue weighted by atomic mass is 16.5. The molecule has 0 saturated carbocycles. The van der Waals surface area contributed by atoms with Crippen LogP contribution in [0.25, 0.3) is 0 Å². The summed E-state index contributed by atoms with van der Waals surface area (Å²) in [6.07, 6.45) is -0.436. The average molecular weight is 440 g/mol. The Morgan fingerprint density at radius 2 is 1.97 bits per heavy atom. The highest BCUT2D eigenvalue weighted by molar-refractivity contribution is 6.11. The molecule has 1 spiro atoms. The summed E-state index contributed by atoms with van der Waals surface area (Å²) >= 11 is 0. The number of anilines is 2. The highest BCUT2D eigenvalue weighted by Gasteiger charge is 2.61. The molecule has 0 aromatic heterocycles. The standard InChI is InChI=1S/C24H29N3O5/c1-12-8-13(2)21-16(9-12)24(23(30)26-21)17(11-18(27-24)14(3)28)22(29)25-19-10-15(31-4)6-7-20(19)32-5/h6-10,14,17-18,27-28H,11H2,1-5H3,(H,25,29)(H,26,30)/t14-,17+,18+,24-/m0/s1. The van der Waals surface area contributed by atoms with Crippen molar-refractivity contribution >= 4 is 23.2 Å². The van der Waals surface area contributed by atoms with Gasteiger partial charge in [0.15, 0.2) is 0 Å². The molecule has 170 valence electrons. The first-order valence-corrected chi connectivity index (χ1v) is 10.6. The molecule has 0 aliphatic carbocycles. The molecule has 0 bridgehead atoms. The van der Waals surface area contributed by atoms with Gasteiger partial charge in [-0.1, -0.05) is 17.7 Å². The molecule has 2 aromatic rings. The second kappa shape index (κ2) is 8.11. The third-order valence-corrected chi connectivity index (χ3v) is 6.49. The molecular formula is C24H29N3O5. The zero-order valence-corrected chi connectivity index (χ0v) is 18.9. The summed E-state index contributed by atoms with van der Waals surface area (Å²) in [5, 5.41) is 19.5. The number of hydrogen-bond donors (Lipinski definition) is 4. The Hall–Kier alpha value is -3.10. The molecule has 4 N–H and O–H groups in total. The number of fused-ring (bicyclic) bond motifs is 2. The van der Waals surface area contributed by atoms with E-state index in [1.807, 2.05) is 26.0 Å². The Labute approximate surface area is 187 Å². The SMILES string of the molecule is COc1ccc(OC)c(NC(=O)[C@H]2C[C@H]([C@H](C)O)N[C@]23C(=O)Nc2c(C)cc(C)cc23)c1. The van der Waals surface area contributed by atoms with Crippen LogP contribution in [0.3, 0.4) is 0 Å². The minimum Gasteiger partial charge on any atom is -0.497 e. The molecule has 2 amide bonds. The van der Waals surface area contributed by atoms with Crippen LogP contribution >= 0.6 is 0 Å². The number of methoxy groups -OCH3 is 2. The first-order chi connectivity index (χ1) is 15.2. The molecule has 4 rings (SSSR count). The summed E-state index contributed by atoms with van der Waals surface area (Å²) < 4.78 is 10.7. The summed E-state index contributed by atoms with van der Waals surface area (Å²) in [4.78, 5) is 27.0. The van der Waals surface area contributed by atoms with Crippen LogP contribution in [-0.4, -0.2) is 43.3 Å². The maximum absolute atomic E-state index is 13.6. The number of aliphatic hydroxyl groups excluding tert-OH is 1. The zero-order valence-electron chi connectivity index (χ0n) is 18.9. The lowest BCUT2D eigenvalue weighted by atomic mass is 9.78. The number of carbonyl (C=O) groups is 2. The Bertz CT molecular complexity index is 1080. The van der Waals surface area contributed by atoms with Crippen LogP contribution in [0.1, 0.15) is 30.0 Å². The largest absolute Gasteiger partial charge is 0.497 e. The number of nitrogens with one attached hydrogen (secondary N) is 3. The summed E-state index contributed by atoms with van der Waals surface area (Å²) in [6.45, 7) is 5.55. The molecule has 8 heteroatoms. The number of benzene rings is 2. The van der Waals surface area contributed by atoms with Crippen molar-refractivity contribution in [3.05, 3.63) is 47.0 Å². The van der Waals surface area contributed by atoms with Crippen molar-refractivity contribution in [2.75, 3.05) is 24.9 Å². The summed E-state index contributed by atoms with van der Waals surface area (Å²) in [5.41, 5.74) is 2.56. The summed E-state index contributed by atoms with van der Waals surface area (Å²) in [5.74, 6) is -0.330. The molecular weight excluding hydrogens is 410 g/mol. The molecule has 2 aliphatic heterocycles. The Morgan fingerprint density at radius 3 is 2.62 bits per heavy atom. The molecule has 8 nitrogen and oxygen atoms in total. The van der Waals surface area contributed by atoms with E-state index in [1.165, 1.54) is 7.11 Å². The van der Waals surface area contributed by atoms with Gasteiger partial charge in [0.25, 0.3) is 0 Å². The maximum atomic E-state index is 13.6. The molecule has 4 atom stereocenters. The molecule has 1 fully saturated rings. The predicted molar refractivity (Wildman–Crippen MR) is 121 cm³/mol. The van der Waals surface area contributed by atoms with Crippen LogP contribution in [-0.2, 0) is 15.1 Å². The third kappa shape index (κ3) is 3.40. The van der Waals surface area contributed by atoms with Gasteiger partial charge in [0.05, 0.1) is 31.9 Å². The molecule has 2 aliphatic rings. The number of hydrogen-bond acceptors (Lipinski definition) is 6. The lowest BCUT2D eigenvalue weighted by Gasteiger charge is -2.30. The predicted octanol–water partition coefficient (Wildman–Crippen LogP) is 2.47. The maximum Gasteiger partial charge on any atom is 0.250 e. The van der Waals surface area contributed by atoms with Crippen molar-refractivity contribution in [2.45, 2.75) is 44.9 Å². The Balaban J connectivity index is 1.78. The topological polar surface area (TPSA) is 109 Å². The third-order valence-electron chi connectivity index (χ3n) is 6.49. The number of amides is 2. The van der Waals surface area contributed by atoms with Crippen molar-refractivity contribution in [3.63, 3.8) is 0 Å². The van der Waals surface area contributed by atoms with Crippen LogP contribution in [0.5, 0.6) is 11.5 Å². The number of ether oxygens (including phenoxy) is 2. The number of aliphatic hydroxyl groups is 1. The molecule has 0 unspecified atom stereocenters. The average Bonchev–Trinajstić information content (AvgIpc) is 3.29. The molecule has 2 aromatic carbocycles. The van der Waals surface area contributed by atoms with Crippen molar-refractivity contribution in [1.29, 1.82) is 0 Å². The minimum atomic E-state index is -1.27. The molecule has 2 heterocycles. The Kier molecular flexibility index (Phi) is 5.60. The summed E-state index contributed by atoms with van der Waals surface area (Å²) in [6, 6.07) is 8.63. The van der Waals surface area contributed by atoms with Crippen LogP contribution in [0, 0.1) is 19.8 Å². The number of carbonyl (C=O) groups excluding carboxylic acids is 2. The molecule has 1 saturated heterocycles. The van der Waals surface area contributed by atoms with E-state index in [-0.39, 0.29) is 11.8 Å².